The fraction of sp³-hybridized carbons (Fsp3) is 0.0833. The molecule has 94 valence electrons. The summed E-state index contributed by atoms with van der Waals surface area (Å²) in [5.41, 5.74) is 6.56. The van der Waals surface area contributed by atoms with Crippen LogP contribution in [0.15, 0.2) is 34.1 Å². The molecule has 18 heavy (non-hydrogen) atoms. The normalized spacial score (nSPS) is 10.3. The summed E-state index contributed by atoms with van der Waals surface area (Å²) < 4.78 is 1.04. The van der Waals surface area contributed by atoms with E-state index in [-0.39, 0.29) is 5.91 Å². The van der Waals surface area contributed by atoms with Crippen LogP contribution in [0, 0.1) is 0 Å². The largest absolute Gasteiger partial charge is 0.398 e. The molecule has 3 N–H and O–H groups in total. The second-order valence-electron chi connectivity index (χ2n) is 3.62. The summed E-state index contributed by atoms with van der Waals surface area (Å²) in [7, 11) is 0. The van der Waals surface area contributed by atoms with E-state index < -0.39 is 0 Å². The molecule has 1 amide bonds. The van der Waals surface area contributed by atoms with E-state index in [1.165, 1.54) is 0 Å². The number of carbonyl (C=O) groups excluding carboxylic acids is 1. The maximum Gasteiger partial charge on any atom is 0.251 e. The number of nitrogens with one attached hydrogen (secondary N) is 1. The van der Waals surface area contributed by atoms with Crippen LogP contribution >= 0.6 is 38.9 Å². The van der Waals surface area contributed by atoms with Gasteiger partial charge in [-0.3, -0.25) is 4.79 Å². The first-order valence-electron chi connectivity index (χ1n) is 5.13. The number of anilines is 1. The van der Waals surface area contributed by atoms with Gasteiger partial charge in [-0.2, -0.15) is 0 Å². The molecule has 0 aliphatic carbocycles. The van der Waals surface area contributed by atoms with Crippen molar-refractivity contribution in [2.75, 3.05) is 5.73 Å². The van der Waals surface area contributed by atoms with Gasteiger partial charge < -0.3 is 11.1 Å². The Morgan fingerprint density at radius 1 is 1.39 bits per heavy atom. The van der Waals surface area contributed by atoms with Gasteiger partial charge in [0, 0.05) is 10.4 Å². The molecule has 3 nitrogen and oxygen atoms in total. The number of amides is 1. The van der Waals surface area contributed by atoms with Gasteiger partial charge in [-0.25, -0.2) is 0 Å². The number of benzene rings is 1. The number of nitrogen functional groups attached to an aromatic ring is 1. The fourth-order valence-electron chi connectivity index (χ4n) is 1.38. The molecule has 1 aromatic carbocycles. The third kappa shape index (κ3) is 3.25. The van der Waals surface area contributed by atoms with Crippen LogP contribution in [-0.2, 0) is 6.54 Å². The molecule has 2 aromatic rings. The molecule has 0 unspecified atom stereocenters. The zero-order valence-electron chi connectivity index (χ0n) is 9.24. The van der Waals surface area contributed by atoms with E-state index in [4.69, 9.17) is 17.3 Å². The molecule has 2 rings (SSSR count). The minimum atomic E-state index is -0.165. The highest BCUT2D eigenvalue weighted by atomic mass is 79.9. The van der Waals surface area contributed by atoms with Crippen LogP contribution in [0.1, 0.15) is 15.2 Å². The number of hydrogen-bond donors (Lipinski definition) is 2. The van der Waals surface area contributed by atoms with Crippen molar-refractivity contribution in [1.82, 2.24) is 5.32 Å². The third-order valence-electron chi connectivity index (χ3n) is 2.31. The quantitative estimate of drug-likeness (QED) is 0.834. The molecule has 1 heterocycles. The molecular formula is C12H10BrClN2OS. The topological polar surface area (TPSA) is 55.1 Å². The summed E-state index contributed by atoms with van der Waals surface area (Å²) in [6.45, 7) is 0.497. The highest BCUT2D eigenvalue weighted by Crippen LogP contribution is 2.22. The number of thiophene rings is 1. The van der Waals surface area contributed by atoms with Crippen molar-refractivity contribution in [2.24, 2.45) is 0 Å². The van der Waals surface area contributed by atoms with Crippen LogP contribution in [0.5, 0.6) is 0 Å². The maximum atomic E-state index is 11.9. The van der Waals surface area contributed by atoms with Crippen LogP contribution in [0.4, 0.5) is 5.69 Å². The molecule has 0 fully saturated rings. The highest BCUT2D eigenvalue weighted by Gasteiger charge is 2.08. The summed E-state index contributed by atoms with van der Waals surface area (Å²) in [4.78, 5) is 13.0. The minimum Gasteiger partial charge on any atom is -0.398 e. The SMILES string of the molecule is Nc1ccc(C(=O)NCc2ccc(Br)s2)cc1Cl. The lowest BCUT2D eigenvalue weighted by atomic mass is 10.2. The number of nitrogens with two attached hydrogens (primary N) is 1. The van der Waals surface area contributed by atoms with Crippen molar-refractivity contribution in [1.29, 1.82) is 0 Å². The van der Waals surface area contributed by atoms with Crippen LogP contribution in [-0.4, -0.2) is 5.91 Å². The van der Waals surface area contributed by atoms with Crippen molar-refractivity contribution in [2.45, 2.75) is 6.54 Å². The average Bonchev–Trinajstić information content (AvgIpc) is 2.75. The van der Waals surface area contributed by atoms with Crippen molar-refractivity contribution < 1.29 is 4.79 Å². The number of halogens is 2. The Bertz CT molecular complexity index is 585. The van der Waals surface area contributed by atoms with E-state index >= 15 is 0 Å². The van der Waals surface area contributed by atoms with Gasteiger partial charge in [-0.15, -0.1) is 11.3 Å². The van der Waals surface area contributed by atoms with Crippen molar-refractivity contribution in [3.8, 4) is 0 Å². The summed E-state index contributed by atoms with van der Waals surface area (Å²) in [6, 6.07) is 8.76. The summed E-state index contributed by atoms with van der Waals surface area (Å²) in [5, 5.41) is 3.22. The fourth-order valence-corrected chi connectivity index (χ4v) is 2.99. The standard InChI is InChI=1S/C12H10BrClN2OS/c13-11-4-2-8(18-11)6-16-12(17)7-1-3-10(15)9(14)5-7/h1-5H,6,15H2,(H,16,17). The lowest BCUT2D eigenvalue weighted by Crippen LogP contribution is -2.22. The number of carbonyl (C=O) groups is 1. The lowest BCUT2D eigenvalue weighted by molar-refractivity contribution is 0.0951. The molecular weight excluding hydrogens is 336 g/mol. The smallest absolute Gasteiger partial charge is 0.251 e. The number of rotatable bonds is 3. The lowest BCUT2D eigenvalue weighted by Gasteiger charge is -2.05. The summed E-state index contributed by atoms with van der Waals surface area (Å²) in [5.74, 6) is -0.165. The van der Waals surface area contributed by atoms with E-state index in [0.717, 1.165) is 8.66 Å². The molecule has 0 radical (unpaired) electrons. The first kappa shape index (κ1) is 13.4. The maximum absolute atomic E-state index is 11.9. The minimum absolute atomic E-state index is 0.165. The predicted molar refractivity (Wildman–Crippen MR) is 79.1 cm³/mol. The first-order chi connectivity index (χ1) is 8.56. The first-order valence-corrected chi connectivity index (χ1v) is 7.12. The molecule has 0 aliphatic rings. The zero-order chi connectivity index (χ0) is 13.1. The monoisotopic (exact) mass is 344 g/mol. The van der Waals surface area contributed by atoms with Gasteiger partial charge >= 0.3 is 0 Å². The Kier molecular flexibility index (Phi) is 4.27. The molecule has 1 aromatic heterocycles. The Morgan fingerprint density at radius 2 is 2.17 bits per heavy atom. The number of hydrogen-bond acceptors (Lipinski definition) is 3. The Balaban J connectivity index is 2.01. The van der Waals surface area contributed by atoms with Gasteiger partial charge in [-0.1, -0.05) is 11.6 Å². The summed E-state index contributed by atoms with van der Waals surface area (Å²) >= 11 is 10.8. The van der Waals surface area contributed by atoms with Crippen molar-refractivity contribution in [3.63, 3.8) is 0 Å². The Hall–Kier alpha value is -1.04. The van der Waals surface area contributed by atoms with Crippen LogP contribution in [0.3, 0.4) is 0 Å². The van der Waals surface area contributed by atoms with Gasteiger partial charge in [-0.05, 0) is 46.3 Å². The molecule has 0 bridgehead atoms. The van der Waals surface area contributed by atoms with Crippen molar-refractivity contribution >= 4 is 50.5 Å². The Labute approximate surface area is 122 Å². The van der Waals surface area contributed by atoms with Gasteiger partial charge in [0.1, 0.15) is 0 Å². The van der Waals surface area contributed by atoms with E-state index in [1.54, 1.807) is 29.5 Å². The van der Waals surface area contributed by atoms with E-state index in [2.05, 4.69) is 21.2 Å². The van der Waals surface area contributed by atoms with E-state index in [9.17, 15) is 4.79 Å². The van der Waals surface area contributed by atoms with E-state index in [0.29, 0.717) is 22.8 Å². The third-order valence-corrected chi connectivity index (χ3v) is 4.27. The molecule has 0 saturated carbocycles. The second kappa shape index (κ2) is 5.73. The van der Waals surface area contributed by atoms with Crippen LogP contribution in [0.25, 0.3) is 0 Å². The van der Waals surface area contributed by atoms with Crippen LogP contribution in [0.2, 0.25) is 5.02 Å². The molecule has 0 spiro atoms. The summed E-state index contributed by atoms with van der Waals surface area (Å²) in [6.07, 6.45) is 0. The molecule has 0 atom stereocenters. The highest BCUT2D eigenvalue weighted by molar-refractivity contribution is 9.11. The van der Waals surface area contributed by atoms with Crippen molar-refractivity contribution in [3.05, 3.63) is 49.6 Å². The van der Waals surface area contributed by atoms with Gasteiger partial charge in [0.2, 0.25) is 0 Å². The van der Waals surface area contributed by atoms with Gasteiger partial charge in [0.25, 0.3) is 5.91 Å². The predicted octanol–water partition coefficient (Wildman–Crippen LogP) is 3.68. The van der Waals surface area contributed by atoms with E-state index in [1.807, 2.05) is 12.1 Å². The Morgan fingerprint density at radius 3 is 2.78 bits per heavy atom. The molecule has 6 heteroatoms. The second-order valence-corrected chi connectivity index (χ2v) is 6.58. The molecule has 0 aliphatic heterocycles. The molecule has 0 saturated heterocycles. The zero-order valence-corrected chi connectivity index (χ0v) is 12.4. The van der Waals surface area contributed by atoms with Crippen LogP contribution < -0.4 is 11.1 Å². The average molecular weight is 346 g/mol. The van der Waals surface area contributed by atoms with Gasteiger partial charge in [0.05, 0.1) is 21.0 Å². The van der Waals surface area contributed by atoms with Gasteiger partial charge in [0.15, 0.2) is 0 Å².